The zero-order valence-electron chi connectivity index (χ0n) is 13.3. The predicted octanol–water partition coefficient (Wildman–Crippen LogP) is 1.36. The van der Waals surface area contributed by atoms with Gasteiger partial charge in [0.05, 0.1) is 18.7 Å². The Morgan fingerprint density at radius 2 is 2.35 bits per heavy atom. The van der Waals surface area contributed by atoms with E-state index in [9.17, 15) is 4.79 Å². The van der Waals surface area contributed by atoms with Crippen molar-refractivity contribution in [1.82, 2.24) is 15.0 Å². The fraction of sp³-hybridized carbons (Fsp3) is 0.438. The molecule has 23 heavy (non-hydrogen) atoms. The van der Waals surface area contributed by atoms with Crippen molar-refractivity contribution >= 4 is 11.7 Å². The number of hydrogen-bond donors (Lipinski definition) is 0. The summed E-state index contributed by atoms with van der Waals surface area (Å²) < 4.78 is 10.8. The molecule has 122 valence electrons. The second-order valence-electron chi connectivity index (χ2n) is 5.76. The van der Waals surface area contributed by atoms with Gasteiger partial charge in [0.25, 0.3) is 0 Å². The number of nitrogens with zero attached hydrogens (tertiary/aromatic N) is 4. The van der Waals surface area contributed by atoms with Crippen molar-refractivity contribution in [3.05, 3.63) is 36.4 Å². The maximum Gasteiger partial charge on any atom is 0.228 e. The van der Waals surface area contributed by atoms with Crippen LogP contribution in [-0.4, -0.2) is 54.2 Å². The van der Waals surface area contributed by atoms with Crippen LogP contribution >= 0.6 is 0 Å². The van der Waals surface area contributed by atoms with E-state index in [0.717, 1.165) is 18.0 Å². The van der Waals surface area contributed by atoms with E-state index in [4.69, 9.17) is 9.26 Å². The highest BCUT2D eigenvalue weighted by molar-refractivity contribution is 5.78. The minimum atomic E-state index is -0.0147. The molecule has 3 heterocycles. The number of pyridine rings is 1. The molecule has 7 heteroatoms. The van der Waals surface area contributed by atoms with Crippen LogP contribution in [0.1, 0.15) is 12.1 Å². The number of carbonyl (C=O) groups excluding carboxylic acids is 1. The fourth-order valence-corrected chi connectivity index (χ4v) is 2.64. The van der Waals surface area contributed by atoms with E-state index < -0.39 is 0 Å². The van der Waals surface area contributed by atoms with Crippen LogP contribution in [-0.2, 0) is 11.2 Å². The smallest absolute Gasteiger partial charge is 0.228 e. The van der Waals surface area contributed by atoms with Gasteiger partial charge in [-0.3, -0.25) is 4.79 Å². The van der Waals surface area contributed by atoms with E-state index in [1.807, 2.05) is 36.0 Å². The molecule has 1 fully saturated rings. The molecule has 3 rings (SSSR count). The Morgan fingerprint density at radius 1 is 1.48 bits per heavy atom. The largest absolute Gasteiger partial charge is 0.485 e. The highest BCUT2D eigenvalue weighted by atomic mass is 16.5. The summed E-state index contributed by atoms with van der Waals surface area (Å²) in [7, 11) is 3.86. The van der Waals surface area contributed by atoms with Crippen molar-refractivity contribution in [2.45, 2.75) is 18.9 Å². The minimum Gasteiger partial charge on any atom is -0.485 e. The molecular formula is C16H20N4O3. The van der Waals surface area contributed by atoms with Crippen LogP contribution in [0.5, 0.6) is 5.75 Å². The van der Waals surface area contributed by atoms with Crippen molar-refractivity contribution in [3.8, 4) is 5.75 Å². The topological polar surface area (TPSA) is 71.7 Å². The molecule has 2 aromatic heterocycles. The summed E-state index contributed by atoms with van der Waals surface area (Å²) in [6, 6.07) is 5.47. The molecule has 0 aliphatic carbocycles. The van der Waals surface area contributed by atoms with E-state index in [0.29, 0.717) is 18.8 Å². The number of carbonyl (C=O) groups is 1. The highest BCUT2D eigenvalue weighted by Gasteiger charge is 2.28. The number of amides is 1. The first-order valence-electron chi connectivity index (χ1n) is 7.59. The van der Waals surface area contributed by atoms with E-state index in [1.165, 1.54) is 6.26 Å². The third-order valence-electron chi connectivity index (χ3n) is 3.79. The Bertz CT molecular complexity index is 657. The van der Waals surface area contributed by atoms with Crippen molar-refractivity contribution < 1.29 is 14.1 Å². The Kier molecular flexibility index (Phi) is 4.45. The number of likely N-dealkylation sites (tertiary alicyclic amines) is 1. The molecule has 0 aromatic carbocycles. The molecule has 0 spiro atoms. The van der Waals surface area contributed by atoms with Crippen molar-refractivity contribution in [3.63, 3.8) is 0 Å². The summed E-state index contributed by atoms with van der Waals surface area (Å²) in [5.41, 5.74) is 0.654. The predicted molar refractivity (Wildman–Crippen MR) is 84.4 cm³/mol. The molecule has 0 radical (unpaired) electrons. The zero-order valence-corrected chi connectivity index (χ0v) is 13.3. The van der Waals surface area contributed by atoms with Crippen LogP contribution in [0, 0.1) is 0 Å². The van der Waals surface area contributed by atoms with Gasteiger partial charge in [0.1, 0.15) is 12.4 Å². The SMILES string of the molecule is CN(C)c1ncccc1O[C@H]1CCN(C(=O)Cc2ccon2)C1. The summed E-state index contributed by atoms with van der Waals surface area (Å²) in [6.45, 7) is 1.28. The van der Waals surface area contributed by atoms with Crippen molar-refractivity contribution in [2.24, 2.45) is 0 Å². The molecule has 1 aliphatic heterocycles. The van der Waals surface area contributed by atoms with Gasteiger partial charge in [0, 0.05) is 39.3 Å². The molecule has 0 unspecified atom stereocenters. The molecular weight excluding hydrogens is 296 g/mol. The van der Waals surface area contributed by atoms with E-state index in [2.05, 4.69) is 10.1 Å². The third-order valence-corrected chi connectivity index (χ3v) is 3.79. The molecule has 1 saturated heterocycles. The van der Waals surface area contributed by atoms with E-state index in [1.54, 1.807) is 12.3 Å². The second-order valence-corrected chi connectivity index (χ2v) is 5.76. The number of hydrogen-bond acceptors (Lipinski definition) is 6. The number of aromatic nitrogens is 2. The lowest BCUT2D eigenvalue weighted by atomic mass is 10.3. The van der Waals surface area contributed by atoms with E-state index in [-0.39, 0.29) is 18.4 Å². The fourth-order valence-electron chi connectivity index (χ4n) is 2.64. The standard InChI is InChI=1S/C16H20N4O3/c1-19(2)16-14(4-3-7-17-16)23-13-5-8-20(11-13)15(21)10-12-6-9-22-18-12/h3-4,6-7,9,13H,5,8,10-11H2,1-2H3/t13-/m0/s1. The molecule has 0 saturated carbocycles. The summed E-state index contributed by atoms with van der Waals surface area (Å²) in [5, 5.41) is 3.78. The number of anilines is 1. The first-order chi connectivity index (χ1) is 11.1. The minimum absolute atomic E-state index is 0.0147. The maximum atomic E-state index is 12.3. The highest BCUT2D eigenvalue weighted by Crippen LogP contribution is 2.26. The first-order valence-corrected chi connectivity index (χ1v) is 7.59. The van der Waals surface area contributed by atoms with Gasteiger partial charge < -0.3 is 19.1 Å². The van der Waals surface area contributed by atoms with Gasteiger partial charge in [0.15, 0.2) is 11.6 Å². The van der Waals surface area contributed by atoms with Gasteiger partial charge in [-0.05, 0) is 12.1 Å². The van der Waals surface area contributed by atoms with E-state index >= 15 is 0 Å². The van der Waals surface area contributed by atoms with Crippen LogP contribution in [0.15, 0.2) is 35.2 Å². The molecule has 7 nitrogen and oxygen atoms in total. The lowest BCUT2D eigenvalue weighted by molar-refractivity contribution is -0.129. The Morgan fingerprint density at radius 3 is 3.09 bits per heavy atom. The quantitative estimate of drug-likeness (QED) is 0.829. The maximum absolute atomic E-state index is 12.3. The molecule has 0 N–H and O–H groups in total. The summed E-state index contributed by atoms with van der Waals surface area (Å²) in [6.07, 6.45) is 4.28. The van der Waals surface area contributed by atoms with Crippen molar-refractivity contribution in [1.29, 1.82) is 0 Å². The van der Waals surface area contributed by atoms with Gasteiger partial charge in [-0.2, -0.15) is 0 Å². The third kappa shape index (κ3) is 3.61. The second kappa shape index (κ2) is 6.68. The van der Waals surface area contributed by atoms with Gasteiger partial charge in [-0.25, -0.2) is 4.98 Å². The summed E-state index contributed by atoms with van der Waals surface area (Å²) in [4.78, 5) is 20.3. The van der Waals surface area contributed by atoms with Gasteiger partial charge in [-0.1, -0.05) is 5.16 Å². The van der Waals surface area contributed by atoms with Gasteiger partial charge >= 0.3 is 0 Å². The molecule has 1 atom stereocenters. The lowest BCUT2D eigenvalue weighted by Gasteiger charge is -2.20. The molecule has 1 aliphatic rings. The summed E-state index contributed by atoms with van der Waals surface area (Å²) in [5.74, 6) is 1.58. The zero-order chi connectivity index (χ0) is 16.2. The number of rotatable bonds is 5. The van der Waals surface area contributed by atoms with Crippen LogP contribution in [0.3, 0.4) is 0 Å². The van der Waals surface area contributed by atoms with Crippen LogP contribution in [0.2, 0.25) is 0 Å². The molecule has 2 aromatic rings. The van der Waals surface area contributed by atoms with Crippen LogP contribution < -0.4 is 9.64 Å². The first kappa shape index (κ1) is 15.3. The Hall–Kier alpha value is -2.57. The van der Waals surface area contributed by atoms with Crippen LogP contribution in [0.25, 0.3) is 0 Å². The van der Waals surface area contributed by atoms with Crippen molar-refractivity contribution in [2.75, 3.05) is 32.1 Å². The normalized spacial score (nSPS) is 17.3. The lowest BCUT2D eigenvalue weighted by Crippen LogP contribution is -2.32. The van der Waals surface area contributed by atoms with Gasteiger partial charge in [-0.15, -0.1) is 0 Å². The average molecular weight is 316 g/mol. The number of ether oxygens (including phenoxy) is 1. The molecule has 0 bridgehead atoms. The monoisotopic (exact) mass is 316 g/mol. The van der Waals surface area contributed by atoms with Crippen LogP contribution in [0.4, 0.5) is 5.82 Å². The Labute approximate surface area is 134 Å². The van der Waals surface area contributed by atoms with Gasteiger partial charge in [0.2, 0.25) is 5.91 Å². The average Bonchev–Trinajstić information content (AvgIpc) is 3.19. The molecule has 1 amide bonds. The Balaban J connectivity index is 1.59. The summed E-state index contributed by atoms with van der Waals surface area (Å²) >= 11 is 0.